The second kappa shape index (κ2) is 8.70. The Morgan fingerprint density at radius 2 is 1.94 bits per heavy atom. The molecule has 0 aliphatic carbocycles. The molecule has 1 aromatic carbocycles. The fourth-order valence-electron chi connectivity index (χ4n) is 4.16. The van der Waals surface area contributed by atoms with Crippen LogP contribution in [0.25, 0.3) is 15.9 Å². The summed E-state index contributed by atoms with van der Waals surface area (Å²) < 4.78 is 7.41. The van der Waals surface area contributed by atoms with Crippen molar-refractivity contribution in [3.63, 3.8) is 0 Å². The molecule has 1 saturated heterocycles. The number of anilines is 1. The van der Waals surface area contributed by atoms with E-state index in [1.165, 1.54) is 10.4 Å². The van der Waals surface area contributed by atoms with E-state index in [2.05, 4.69) is 33.8 Å². The third-order valence-corrected chi connectivity index (χ3v) is 7.23. The van der Waals surface area contributed by atoms with Crippen molar-refractivity contribution in [2.45, 2.75) is 33.3 Å². The van der Waals surface area contributed by atoms with Crippen molar-refractivity contribution in [3.8, 4) is 5.69 Å². The van der Waals surface area contributed by atoms with Crippen LogP contribution in [-0.4, -0.2) is 38.8 Å². The second-order valence-electron chi connectivity index (χ2n) is 8.16. The van der Waals surface area contributed by atoms with Gasteiger partial charge in [0.1, 0.15) is 23.6 Å². The van der Waals surface area contributed by atoms with Crippen LogP contribution < -0.4 is 4.90 Å². The minimum atomic E-state index is -0.132. The second-order valence-corrected chi connectivity index (χ2v) is 9.36. The fraction of sp³-hybridized carbons (Fsp3) is 0.333. The molecule has 1 aliphatic heterocycles. The van der Waals surface area contributed by atoms with Crippen LogP contribution >= 0.6 is 11.3 Å². The number of aromatic nitrogens is 4. The van der Waals surface area contributed by atoms with Crippen molar-refractivity contribution in [1.29, 1.82) is 0 Å². The van der Waals surface area contributed by atoms with E-state index in [0.717, 1.165) is 53.2 Å². The number of hydrogen-bond donors (Lipinski definition) is 0. The number of aryl methyl sites for hydroxylation is 2. The smallest absolute Gasteiger partial charge is 0.309 e. The highest BCUT2D eigenvalue weighted by Crippen LogP contribution is 2.35. The summed E-state index contributed by atoms with van der Waals surface area (Å²) in [5, 5.41) is 5.51. The number of nitrogens with zero attached hydrogens (tertiary/aromatic N) is 5. The fourth-order valence-corrected chi connectivity index (χ4v) is 5.15. The Hall–Kier alpha value is -3.26. The van der Waals surface area contributed by atoms with E-state index in [1.807, 2.05) is 36.5 Å². The van der Waals surface area contributed by atoms with Crippen LogP contribution in [0, 0.1) is 19.8 Å². The van der Waals surface area contributed by atoms with E-state index in [9.17, 15) is 4.79 Å². The van der Waals surface area contributed by atoms with Crippen molar-refractivity contribution >= 4 is 33.3 Å². The van der Waals surface area contributed by atoms with E-state index in [1.54, 1.807) is 28.5 Å². The molecular weight excluding hydrogens is 422 g/mol. The maximum absolute atomic E-state index is 12.7. The standard InChI is InChI=1S/C24H25N5O2S/c1-16-17(2)32-23-21(16)22(25-15-26-23)28-10-8-19(9-11-28)24(30)31-14-18-12-27-29(13-18)20-6-4-3-5-7-20/h3-7,12-13,15,19H,8-11,14H2,1-2H3. The number of fused-ring (bicyclic) bond motifs is 1. The molecule has 4 heterocycles. The number of carbonyl (C=O) groups excluding carboxylic acids is 1. The zero-order valence-electron chi connectivity index (χ0n) is 18.2. The lowest BCUT2D eigenvalue weighted by atomic mass is 9.97. The molecule has 0 amide bonds. The third kappa shape index (κ3) is 3.98. The van der Waals surface area contributed by atoms with Gasteiger partial charge in [-0.15, -0.1) is 11.3 Å². The van der Waals surface area contributed by atoms with Crippen molar-refractivity contribution in [3.05, 3.63) is 65.1 Å². The normalized spacial score (nSPS) is 14.8. The Labute approximate surface area is 190 Å². The zero-order chi connectivity index (χ0) is 22.1. The summed E-state index contributed by atoms with van der Waals surface area (Å²) in [6.45, 7) is 6.06. The van der Waals surface area contributed by atoms with Gasteiger partial charge in [0.05, 0.1) is 23.2 Å². The van der Waals surface area contributed by atoms with Crippen LogP contribution in [-0.2, 0) is 16.1 Å². The summed E-state index contributed by atoms with van der Waals surface area (Å²) in [5.74, 6) is 0.766. The summed E-state index contributed by atoms with van der Waals surface area (Å²) >= 11 is 1.71. The summed E-state index contributed by atoms with van der Waals surface area (Å²) in [5.41, 5.74) is 3.11. The van der Waals surface area contributed by atoms with Gasteiger partial charge in [-0.05, 0) is 44.4 Å². The van der Waals surface area contributed by atoms with E-state index in [0.29, 0.717) is 0 Å². The third-order valence-electron chi connectivity index (χ3n) is 6.11. The number of hydrogen-bond acceptors (Lipinski definition) is 7. The zero-order valence-corrected chi connectivity index (χ0v) is 19.0. The highest BCUT2D eigenvalue weighted by Gasteiger charge is 2.28. The highest BCUT2D eigenvalue weighted by atomic mass is 32.1. The lowest BCUT2D eigenvalue weighted by molar-refractivity contribution is -0.150. The van der Waals surface area contributed by atoms with Crippen LogP contribution in [0.3, 0.4) is 0 Å². The maximum atomic E-state index is 12.7. The average molecular weight is 448 g/mol. The monoisotopic (exact) mass is 447 g/mol. The quantitative estimate of drug-likeness (QED) is 0.421. The molecule has 3 aromatic heterocycles. The number of thiophene rings is 1. The number of ether oxygens (including phenoxy) is 1. The SMILES string of the molecule is Cc1sc2ncnc(N3CCC(C(=O)OCc4cnn(-c5ccccc5)c4)CC3)c2c1C. The van der Waals surface area contributed by atoms with Crippen molar-refractivity contribution in [1.82, 2.24) is 19.7 Å². The highest BCUT2D eigenvalue weighted by molar-refractivity contribution is 7.18. The number of rotatable bonds is 5. The first-order valence-corrected chi connectivity index (χ1v) is 11.6. The van der Waals surface area contributed by atoms with Gasteiger partial charge in [0.25, 0.3) is 0 Å². The van der Waals surface area contributed by atoms with Gasteiger partial charge in [0.2, 0.25) is 0 Å². The predicted octanol–water partition coefficient (Wildman–Crippen LogP) is 4.45. The first kappa shape index (κ1) is 20.6. The Balaban J connectivity index is 1.18. The Kier molecular flexibility index (Phi) is 5.61. The van der Waals surface area contributed by atoms with Gasteiger partial charge in [-0.2, -0.15) is 5.10 Å². The van der Waals surface area contributed by atoms with Gasteiger partial charge in [0.15, 0.2) is 0 Å². The molecule has 4 aromatic rings. The lowest BCUT2D eigenvalue weighted by Crippen LogP contribution is -2.37. The Bertz CT molecular complexity index is 1240. The molecule has 0 radical (unpaired) electrons. The number of esters is 1. The molecule has 7 nitrogen and oxygen atoms in total. The topological polar surface area (TPSA) is 73.1 Å². The van der Waals surface area contributed by atoms with Crippen LogP contribution in [0.15, 0.2) is 49.1 Å². The van der Waals surface area contributed by atoms with Gasteiger partial charge in [-0.25, -0.2) is 14.6 Å². The first-order valence-electron chi connectivity index (χ1n) is 10.8. The van der Waals surface area contributed by atoms with E-state index in [4.69, 9.17) is 4.74 Å². The van der Waals surface area contributed by atoms with Crippen molar-refractivity contribution < 1.29 is 9.53 Å². The van der Waals surface area contributed by atoms with E-state index in [-0.39, 0.29) is 18.5 Å². The number of para-hydroxylation sites is 1. The minimum absolute atomic E-state index is 0.0851. The molecule has 0 unspecified atom stereocenters. The Morgan fingerprint density at radius 1 is 1.16 bits per heavy atom. The molecule has 5 rings (SSSR count). The van der Waals surface area contributed by atoms with E-state index < -0.39 is 0 Å². The van der Waals surface area contributed by atoms with Crippen LogP contribution in [0.1, 0.15) is 28.8 Å². The molecular formula is C24H25N5O2S. The molecule has 164 valence electrons. The number of carbonyl (C=O) groups is 1. The summed E-state index contributed by atoms with van der Waals surface area (Å²) in [6.07, 6.45) is 6.81. The number of benzene rings is 1. The summed E-state index contributed by atoms with van der Waals surface area (Å²) in [6, 6.07) is 9.88. The minimum Gasteiger partial charge on any atom is -0.460 e. The number of piperidine rings is 1. The first-order chi connectivity index (χ1) is 15.6. The molecule has 32 heavy (non-hydrogen) atoms. The average Bonchev–Trinajstić information content (AvgIpc) is 3.42. The Morgan fingerprint density at radius 3 is 2.72 bits per heavy atom. The van der Waals surface area contributed by atoms with Gasteiger partial charge < -0.3 is 9.64 Å². The van der Waals surface area contributed by atoms with E-state index >= 15 is 0 Å². The molecule has 8 heteroatoms. The van der Waals surface area contributed by atoms with Crippen LogP contribution in [0.4, 0.5) is 5.82 Å². The van der Waals surface area contributed by atoms with Crippen LogP contribution in [0.5, 0.6) is 0 Å². The molecule has 0 spiro atoms. The van der Waals surface area contributed by atoms with Crippen LogP contribution in [0.2, 0.25) is 0 Å². The lowest BCUT2D eigenvalue weighted by Gasteiger charge is -2.32. The predicted molar refractivity (Wildman–Crippen MR) is 125 cm³/mol. The maximum Gasteiger partial charge on any atom is 0.309 e. The van der Waals surface area contributed by atoms with Gasteiger partial charge in [-0.3, -0.25) is 4.79 Å². The summed E-state index contributed by atoms with van der Waals surface area (Å²) in [4.78, 5) is 26.3. The molecule has 0 N–H and O–H groups in total. The van der Waals surface area contributed by atoms with Crippen molar-refractivity contribution in [2.75, 3.05) is 18.0 Å². The van der Waals surface area contributed by atoms with Gasteiger partial charge in [-0.1, -0.05) is 18.2 Å². The van der Waals surface area contributed by atoms with Gasteiger partial charge in [0, 0.05) is 29.7 Å². The molecule has 1 fully saturated rings. The van der Waals surface area contributed by atoms with Crippen molar-refractivity contribution in [2.24, 2.45) is 5.92 Å². The molecule has 0 saturated carbocycles. The largest absolute Gasteiger partial charge is 0.460 e. The molecule has 0 atom stereocenters. The summed E-state index contributed by atoms with van der Waals surface area (Å²) in [7, 11) is 0. The molecule has 0 bridgehead atoms. The molecule has 1 aliphatic rings. The van der Waals surface area contributed by atoms with Gasteiger partial charge >= 0.3 is 5.97 Å².